The number of amides is 1. The predicted molar refractivity (Wildman–Crippen MR) is 98.6 cm³/mol. The maximum absolute atomic E-state index is 13.5. The van der Waals surface area contributed by atoms with Gasteiger partial charge in [-0.1, -0.05) is 50.6 Å². The standard InChI is InChI=1S/C20H19ClN2O/c1-19(2,3)17-20(14-11-12(21)9-10-15(14)22-17)13-7-5-6-8-16(13)23(4)18(20)24/h5-11H,1-4H3. The molecule has 122 valence electrons. The van der Waals surface area contributed by atoms with Crippen LogP contribution in [0.3, 0.4) is 0 Å². The number of anilines is 1. The highest BCUT2D eigenvalue weighted by Gasteiger charge is 2.60. The molecule has 2 aliphatic heterocycles. The summed E-state index contributed by atoms with van der Waals surface area (Å²) in [7, 11) is 1.83. The molecule has 0 aromatic heterocycles. The second kappa shape index (κ2) is 4.70. The van der Waals surface area contributed by atoms with E-state index < -0.39 is 5.41 Å². The topological polar surface area (TPSA) is 32.7 Å². The largest absolute Gasteiger partial charge is 0.314 e. The number of fused-ring (bicyclic) bond motifs is 4. The molecule has 1 unspecified atom stereocenters. The first-order valence-electron chi connectivity index (χ1n) is 8.05. The number of aliphatic imine (C=N–C) groups is 1. The van der Waals surface area contributed by atoms with Crippen molar-refractivity contribution in [1.29, 1.82) is 0 Å². The van der Waals surface area contributed by atoms with Crippen molar-refractivity contribution < 1.29 is 4.79 Å². The van der Waals surface area contributed by atoms with Crippen molar-refractivity contribution >= 4 is 34.6 Å². The van der Waals surface area contributed by atoms with E-state index in [1.165, 1.54) is 0 Å². The molecule has 3 nitrogen and oxygen atoms in total. The highest BCUT2D eigenvalue weighted by atomic mass is 35.5. The van der Waals surface area contributed by atoms with E-state index in [0.29, 0.717) is 5.02 Å². The summed E-state index contributed by atoms with van der Waals surface area (Å²) in [6.07, 6.45) is 0. The van der Waals surface area contributed by atoms with Gasteiger partial charge in [-0.25, -0.2) is 0 Å². The lowest BCUT2D eigenvalue weighted by molar-refractivity contribution is -0.119. The van der Waals surface area contributed by atoms with Gasteiger partial charge in [-0.15, -0.1) is 0 Å². The lowest BCUT2D eigenvalue weighted by Crippen LogP contribution is -2.48. The maximum atomic E-state index is 13.5. The van der Waals surface area contributed by atoms with E-state index in [-0.39, 0.29) is 11.3 Å². The fraction of sp³-hybridized carbons (Fsp3) is 0.300. The molecule has 1 spiro atoms. The van der Waals surface area contributed by atoms with Crippen LogP contribution >= 0.6 is 11.6 Å². The monoisotopic (exact) mass is 338 g/mol. The van der Waals surface area contributed by atoms with Gasteiger partial charge in [0, 0.05) is 40.0 Å². The van der Waals surface area contributed by atoms with Gasteiger partial charge in [0.05, 0.1) is 5.69 Å². The fourth-order valence-electron chi connectivity index (χ4n) is 4.02. The van der Waals surface area contributed by atoms with Gasteiger partial charge in [0.25, 0.3) is 0 Å². The third-order valence-corrected chi connectivity index (χ3v) is 5.19. The van der Waals surface area contributed by atoms with E-state index in [2.05, 4.69) is 20.8 Å². The third kappa shape index (κ3) is 1.73. The van der Waals surface area contributed by atoms with Crippen LogP contribution in [0, 0.1) is 5.41 Å². The Morgan fingerprint density at radius 1 is 1.08 bits per heavy atom. The van der Waals surface area contributed by atoms with Crippen molar-refractivity contribution in [2.75, 3.05) is 11.9 Å². The molecule has 0 fully saturated rings. The maximum Gasteiger partial charge on any atom is 0.247 e. The first-order valence-corrected chi connectivity index (χ1v) is 8.43. The molecule has 0 aliphatic carbocycles. The van der Waals surface area contributed by atoms with E-state index in [9.17, 15) is 4.79 Å². The van der Waals surface area contributed by atoms with Gasteiger partial charge in [0.1, 0.15) is 5.41 Å². The van der Waals surface area contributed by atoms with Gasteiger partial charge in [-0.2, -0.15) is 0 Å². The quantitative estimate of drug-likeness (QED) is 0.683. The minimum absolute atomic E-state index is 0.0402. The Morgan fingerprint density at radius 3 is 2.50 bits per heavy atom. The summed E-state index contributed by atoms with van der Waals surface area (Å²) in [5, 5.41) is 0.623. The van der Waals surface area contributed by atoms with Crippen molar-refractivity contribution in [3.05, 3.63) is 58.6 Å². The van der Waals surface area contributed by atoms with Gasteiger partial charge in [0.2, 0.25) is 5.91 Å². The number of carbonyl (C=O) groups excluding carboxylic acids is 1. The number of hydrogen-bond acceptors (Lipinski definition) is 2. The molecule has 2 aromatic carbocycles. The summed E-state index contributed by atoms with van der Waals surface area (Å²) < 4.78 is 0. The smallest absolute Gasteiger partial charge is 0.247 e. The van der Waals surface area contributed by atoms with Crippen LogP contribution in [0.5, 0.6) is 0 Å². The molecule has 2 aromatic rings. The van der Waals surface area contributed by atoms with Gasteiger partial charge in [-0.05, 0) is 24.3 Å². The summed E-state index contributed by atoms with van der Waals surface area (Å²) in [6.45, 7) is 6.32. The molecule has 2 aliphatic rings. The van der Waals surface area contributed by atoms with Crippen LogP contribution in [-0.4, -0.2) is 18.7 Å². The first kappa shape index (κ1) is 15.4. The average Bonchev–Trinajstić information content (AvgIpc) is 2.98. The molecule has 4 rings (SSSR count). The Bertz CT molecular complexity index is 910. The highest BCUT2D eigenvalue weighted by molar-refractivity contribution is 6.33. The second-order valence-corrected chi connectivity index (χ2v) is 7.94. The number of hydrogen-bond donors (Lipinski definition) is 0. The molecule has 0 saturated heterocycles. The molecule has 1 amide bonds. The van der Waals surface area contributed by atoms with Crippen molar-refractivity contribution in [2.24, 2.45) is 10.4 Å². The predicted octanol–water partition coefficient (Wildman–Crippen LogP) is 4.73. The molecular formula is C20H19ClN2O. The molecule has 24 heavy (non-hydrogen) atoms. The van der Waals surface area contributed by atoms with Crippen LogP contribution in [0.4, 0.5) is 11.4 Å². The number of carbonyl (C=O) groups is 1. The van der Waals surface area contributed by atoms with Gasteiger partial charge < -0.3 is 4.90 Å². The van der Waals surface area contributed by atoms with Crippen LogP contribution < -0.4 is 4.90 Å². The highest BCUT2D eigenvalue weighted by Crippen LogP contribution is 2.56. The van der Waals surface area contributed by atoms with Crippen LogP contribution in [0.1, 0.15) is 31.9 Å². The van der Waals surface area contributed by atoms with Crippen molar-refractivity contribution in [3.8, 4) is 0 Å². The zero-order valence-corrected chi connectivity index (χ0v) is 15.0. The number of halogens is 1. The molecule has 1 atom stereocenters. The Labute approximate surface area is 147 Å². The van der Waals surface area contributed by atoms with Crippen molar-refractivity contribution in [3.63, 3.8) is 0 Å². The Morgan fingerprint density at radius 2 is 1.79 bits per heavy atom. The summed E-state index contributed by atoms with van der Waals surface area (Å²) in [5.41, 5.74) is 3.42. The average molecular weight is 339 g/mol. The summed E-state index contributed by atoms with van der Waals surface area (Å²) in [5.74, 6) is 0.0402. The zero-order valence-electron chi connectivity index (χ0n) is 14.2. The molecule has 0 N–H and O–H groups in total. The number of benzene rings is 2. The van der Waals surface area contributed by atoms with Crippen molar-refractivity contribution in [2.45, 2.75) is 26.2 Å². The number of para-hydroxylation sites is 1. The fourth-order valence-corrected chi connectivity index (χ4v) is 4.19. The minimum Gasteiger partial charge on any atom is -0.314 e. The summed E-state index contributed by atoms with van der Waals surface area (Å²) in [4.78, 5) is 20.2. The Balaban J connectivity index is 2.14. The SMILES string of the molecule is CN1C(=O)C2(C(C(C)(C)C)=Nc3ccc(Cl)cc32)c2ccccc21. The molecule has 0 saturated carbocycles. The lowest BCUT2D eigenvalue weighted by Gasteiger charge is -2.33. The molecule has 0 radical (unpaired) electrons. The second-order valence-electron chi connectivity index (χ2n) is 7.50. The Kier molecular flexibility index (Phi) is 3.02. The summed E-state index contributed by atoms with van der Waals surface area (Å²) in [6, 6.07) is 13.6. The number of rotatable bonds is 0. The van der Waals surface area contributed by atoms with Crippen LogP contribution in [0.25, 0.3) is 0 Å². The van der Waals surface area contributed by atoms with Crippen molar-refractivity contribution in [1.82, 2.24) is 0 Å². The van der Waals surface area contributed by atoms with E-state index in [4.69, 9.17) is 16.6 Å². The van der Waals surface area contributed by atoms with Crippen LogP contribution in [0.15, 0.2) is 47.5 Å². The van der Waals surface area contributed by atoms with Gasteiger partial charge >= 0.3 is 0 Å². The van der Waals surface area contributed by atoms with Gasteiger partial charge in [0.15, 0.2) is 0 Å². The third-order valence-electron chi connectivity index (χ3n) is 4.96. The Hall–Kier alpha value is -2.13. The van der Waals surface area contributed by atoms with E-state index >= 15 is 0 Å². The van der Waals surface area contributed by atoms with Crippen LogP contribution in [-0.2, 0) is 10.2 Å². The normalized spacial score (nSPS) is 22.0. The number of likely N-dealkylation sites (N-methyl/N-ethyl adjacent to an activating group) is 1. The van der Waals surface area contributed by atoms with E-state index in [1.807, 2.05) is 49.5 Å². The van der Waals surface area contributed by atoms with E-state index in [1.54, 1.807) is 4.90 Å². The molecule has 2 heterocycles. The minimum atomic E-state index is -0.871. The molecular weight excluding hydrogens is 320 g/mol. The summed E-state index contributed by atoms with van der Waals surface area (Å²) >= 11 is 6.28. The van der Waals surface area contributed by atoms with E-state index in [0.717, 1.165) is 28.2 Å². The number of nitrogens with zero attached hydrogens (tertiary/aromatic N) is 2. The lowest BCUT2D eigenvalue weighted by atomic mass is 9.66. The molecule has 4 heteroatoms. The first-order chi connectivity index (χ1) is 11.3. The zero-order chi connectivity index (χ0) is 17.3. The molecule has 0 bridgehead atoms. The van der Waals surface area contributed by atoms with Crippen LogP contribution in [0.2, 0.25) is 5.02 Å². The van der Waals surface area contributed by atoms with Gasteiger partial charge in [-0.3, -0.25) is 9.79 Å².